The van der Waals surface area contributed by atoms with Gasteiger partial charge < -0.3 is 0 Å². The van der Waals surface area contributed by atoms with Crippen LogP contribution in [-0.2, 0) is 6.67 Å². The minimum atomic E-state index is -0.821. The van der Waals surface area contributed by atoms with E-state index in [1.165, 1.54) is 13.0 Å². The molecular formula is C13H17ClF2OS. The van der Waals surface area contributed by atoms with Crippen molar-refractivity contribution in [3.05, 3.63) is 26.4 Å². The maximum Gasteiger partial charge on any atom is 0.174 e. The smallest absolute Gasteiger partial charge is 0.174 e. The average Bonchev–Trinajstić information content (AvgIpc) is 2.76. The van der Waals surface area contributed by atoms with E-state index in [0.29, 0.717) is 0 Å². The summed E-state index contributed by atoms with van der Waals surface area (Å²) in [4.78, 5) is 11.9. The molecule has 0 spiro atoms. The lowest BCUT2D eigenvalue weighted by Crippen LogP contribution is -1.93. The normalized spacial score (nSPS) is 10.9. The second kappa shape index (κ2) is 8.38. The number of allylic oxidation sites excluding steroid dienone is 1. The van der Waals surface area contributed by atoms with E-state index in [1.807, 2.05) is 13.8 Å². The first-order valence-electron chi connectivity index (χ1n) is 5.79. The minimum Gasteiger partial charge on any atom is -0.293 e. The van der Waals surface area contributed by atoms with Crippen LogP contribution in [0.15, 0.2) is 6.08 Å². The maximum absolute atomic E-state index is 13.5. The topological polar surface area (TPSA) is 17.1 Å². The summed E-state index contributed by atoms with van der Waals surface area (Å²) in [5.41, 5.74) is 0.0217. The maximum atomic E-state index is 13.5. The zero-order valence-electron chi connectivity index (χ0n) is 10.9. The average molecular weight is 295 g/mol. The van der Waals surface area contributed by atoms with Crippen molar-refractivity contribution >= 4 is 34.5 Å². The number of alkyl halides is 1. The van der Waals surface area contributed by atoms with Gasteiger partial charge in [-0.05, 0) is 6.92 Å². The van der Waals surface area contributed by atoms with E-state index in [9.17, 15) is 13.6 Å². The number of rotatable bonds is 4. The Morgan fingerprint density at radius 3 is 2.39 bits per heavy atom. The van der Waals surface area contributed by atoms with E-state index in [0.717, 1.165) is 11.3 Å². The van der Waals surface area contributed by atoms with Crippen molar-refractivity contribution in [2.75, 3.05) is 0 Å². The molecule has 0 saturated heterocycles. The fourth-order valence-corrected chi connectivity index (χ4v) is 2.81. The molecule has 0 aliphatic rings. The molecule has 0 radical (unpaired) electrons. The van der Waals surface area contributed by atoms with Gasteiger partial charge in [-0.2, -0.15) is 0 Å². The highest BCUT2D eigenvalue weighted by molar-refractivity contribution is 7.15. The molecule has 0 fully saturated rings. The van der Waals surface area contributed by atoms with Gasteiger partial charge in [0.25, 0.3) is 0 Å². The van der Waals surface area contributed by atoms with Crippen LogP contribution in [0.25, 0.3) is 5.83 Å². The Balaban J connectivity index is 0.00000137. The molecule has 1 nitrogen and oxygen atoms in total. The second-order valence-corrected chi connectivity index (χ2v) is 4.57. The zero-order valence-corrected chi connectivity index (χ0v) is 12.5. The van der Waals surface area contributed by atoms with Crippen molar-refractivity contribution in [1.82, 2.24) is 0 Å². The second-order valence-electron chi connectivity index (χ2n) is 3.09. The summed E-state index contributed by atoms with van der Waals surface area (Å²) in [5, 5.41) is 0.0279. The van der Waals surface area contributed by atoms with E-state index < -0.39 is 12.5 Å². The predicted molar refractivity (Wildman–Crippen MR) is 74.9 cm³/mol. The van der Waals surface area contributed by atoms with Gasteiger partial charge in [-0.15, -0.1) is 11.3 Å². The third-order valence-electron chi connectivity index (χ3n) is 2.11. The third-order valence-corrected chi connectivity index (χ3v) is 3.80. The Bertz CT molecular complexity index is 438. The lowest BCUT2D eigenvalue weighted by molar-refractivity contribution is 0.0992. The van der Waals surface area contributed by atoms with Crippen molar-refractivity contribution in [3.8, 4) is 0 Å². The van der Waals surface area contributed by atoms with Crippen molar-refractivity contribution in [1.29, 1.82) is 0 Å². The van der Waals surface area contributed by atoms with E-state index >= 15 is 0 Å². The molecule has 0 aliphatic heterocycles. The predicted octanol–water partition coefficient (Wildman–Crippen LogP) is 5.82. The SMILES string of the molecule is C/C=C(/F)c1c(CF)sc(C(=O)CC)c1Cl.CC. The van der Waals surface area contributed by atoms with Gasteiger partial charge in [-0.1, -0.05) is 38.4 Å². The Hall–Kier alpha value is -0.740. The lowest BCUT2D eigenvalue weighted by atomic mass is 10.1. The summed E-state index contributed by atoms with van der Waals surface area (Å²) < 4.78 is 26.1. The van der Waals surface area contributed by atoms with E-state index in [2.05, 4.69) is 0 Å². The molecule has 0 N–H and O–H groups in total. The van der Waals surface area contributed by atoms with Gasteiger partial charge in [-0.3, -0.25) is 4.79 Å². The van der Waals surface area contributed by atoms with Crippen molar-refractivity contribution < 1.29 is 13.6 Å². The van der Waals surface area contributed by atoms with Gasteiger partial charge in [-0.25, -0.2) is 8.78 Å². The highest BCUT2D eigenvalue weighted by Crippen LogP contribution is 2.39. The first-order valence-corrected chi connectivity index (χ1v) is 6.98. The number of Topliss-reactive ketones (excluding diaryl/α,β-unsaturated/α-hetero) is 1. The molecule has 0 bridgehead atoms. The standard InChI is InChI=1S/C11H11ClF2OS.C2H6/c1-3-6(14)9-8(5-13)16-11(10(9)12)7(15)4-2;1-2/h3H,4-5H2,1-2H3;1-2H3/b6-3+;. The first-order chi connectivity index (χ1) is 8.56. The van der Waals surface area contributed by atoms with E-state index in [4.69, 9.17) is 11.6 Å². The highest BCUT2D eigenvalue weighted by atomic mass is 35.5. The van der Waals surface area contributed by atoms with Gasteiger partial charge in [0.2, 0.25) is 0 Å². The highest BCUT2D eigenvalue weighted by Gasteiger charge is 2.22. The summed E-state index contributed by atoms with van der Waals surface area (Å²) in [5.74, 6) is -0.788. The number of halogens is 3. The number of ketones is 1. The molecule has 5 heteroatoms. The zero-order chi connectivity index (χ0) is 14.3. The van der Waals surface area contributed by atoms with E-state index in [-0.39, 0.29) is 32.5 Å². The Kier molecular flexibility index (Phi) is 8.03. The number of carbonyl (C=O) groups is 1. The molecule has 1 rings (SSSR count). The van der Waals surface area contributed by atoms with Crippen LogP contribution in [-0.4, -0.2) is 5.78 Å². The van der Waals surface area contributed by atoms with Crippen LogP contribution >= 0.6 is 22.9 Å². The van der Waals surface area contributed by atoms with Crippen LogP contribution in [0.1, 0.15) is 54.2 Å². The first kappa shape index (κ1) is 17.3. The molecule has 0 aliphatic carbocycles. The summed E-state index contributed by atoms with van der Waals surface area (Å²) in [6.07, 6.45) is 1.47. The minimum absolute atomic E-state index is 0.0217. The van der Waals surface area contributed by atoms with Gasteiger partial charge in [0, 0.05) is 16.9 Å². The lowest BCUT2D eigenvalue weighted by Gasteiger charge is -1.97. The van der Waals surface area contributed by atoms with Crippen LogP contribution in [0.5, 0.6) is 0 Å². The largest absolute Gasteiger partial charge is 0.293 e. The van der Waals surface area contributed by atoms with Crippen molar-refractivity contribution in [2.24, 2.45) is 0 Å². The van der Waals surface area contributed by atoms with Crippen LogP contribution in [0.2, 0.25) is 5.02 Å². The Labute approximate surface area is 115 Å². The summed E-state index contributed by atoms with van der Waals surface area (Å²) in [6, 6.07) is 0. The number of hydrogen-bond acceptors (Lipinski definition) is 2. The molecule has 1 aromatic heterocycles. The third kappa shape index (κ3) is 3.62. The number of hydrogen-bond donors (Lipinski definition) is 0. The molecule has 0 amide bonds. The summed E-state index contributed by atoms with van der Waals surface area (Å²) >= 11 is 6.82. The molecule has 0 saturated carbocycles. The van der Waals surface area contributed by atoms with Gasteiger partial charge in [0.15, 0.2) is 5.78 Å². The Morgan fingerprint density at radius 1 is 1.44 bits per heavy atom. The van der Waals surface area contributed by atoms with Crippen LogP contribution in [0, 0.1) is 0 Å². The van der Waals surface area contributed by atoms with Gasteiger partial charge >= 0.3 is 0 Å². The molecule has 0 unspecified atom stereocenters. The molecule has 1 heterocycles. The fraction of sp³-hybridized carbons (Fsp3) is 0.462. The Morgan fingerprint density at radius 2 is 2.00 bits per heavy atom. The van der Waals surface area contributed by atoms with Crippen LogP contribution < -0.4 is 0 Å². The van der Waals surface area contributed by atoms with Crippen LogP contribution in [0.4, 0.5) is 8.78 Å². The van der Waals surface area contributed by atoms with Gasteiger partial charge in [0.05, 0.1) is 9.90 Å². The van der Waals surface area contributed by atoms with Crippen molar-refractivity contribution in [2.45, 2.75) is 40.8 Å². The molecule has 102 valence electrons. The fourth-order valence-electron chi connectivity index (χ4n) is 1.27. The quantitative estimate of drug-likeness (QED) is 0.639. The summed E-state index contributed by atoms with van der Waals surface area (Å²) in [7, 11) is 0. The molecule has 18 heavy (non-hydrogen) atoms. The number of thiophene rings is 1. The van der Waals surface area contributed by atoms with Crippen LogP contribution in [0.3, 0.4) is 0 Å². The number of carbonyl (C=O) groups excluding carboxylic acids is 1. The monoisotopic (exact) mass is 294 g/mol. The molecule has 0 atom stereocenters. The molecule has 0 aromatic carbocycles. The van der Waals surface area contributed by atoms with Crippen molar-refractivity contribution in [3.63, 3.8) is 0 Å². The molecule has 1 aromatic rings. The summed E-state index contributed by atoms with van der Waals surface area (Å²) in [6.45, 7) is 6.35. The molecular weight excluding hydrogens is 278 g/mol. The van der Waals surface area contributed by atoms with Gasteiger partial charge in [0.1, 0.15) is 12.5 Å². The van der Waals surface area contributed by atoms with E-state index in [1.54, 1.807) is 6.92 Å².